The fourth-order valence-corrected chi connectivity index (χ4v) is 4.00. The van der Waals surface area contributed by atoms with Gasteiger partial charge in [0.15, 0.2) is 5.13 Å². The summed E-state index contributed by atoms with van der Waals surface area (Å²) >= 11 is 7.62. The lowest BCUT2D eigenvalue weighted by atomic mass is 9.94. The molecule has 0 fully saturated rings. The van der Waals surface area contributed by atoms with Gasteiger partial charge in [0.05, 0.1) is 16.3 Å². The molecule has 1 aromatic heterocycles. The number of carbonyl (C=O) groups is 1. The summed E-state index contributed by atoms with van der Waals surface area (Å²) < 4.78 is 0. The van der Waals surface area contributed by atoms with Crippen molar-refractivity contribution in [3.8, 4) is 11.3 Å². The zero-order valence-corrected chi connectivity index (χ0v) is 13.7. The molecule has 2 aromatic carbocycles. The number of amides is 1. The number of nitrogens with one attached hydrogen (secondary N) is 1. The van der Waals surface area contributed by atoms with E-state index in [9.17, 15) is 4.79 Å². The van der Waals surface area contributed by atoms with E-state index in [0.717, 1.165) is 18.5 Å². The number of halogens is 1. The second-order valence-corrected chi connectivity index (χ2v) is 6.87. The van der Waals surface area contributed by atoms with E-state index in [2.05, 4.69) is 28.5 Å². The lowest BCUT2D eigenvalue weighted by Crippen LogP contribution is -2.12. The van der Waals surface area contributed by atoms with Crippen molar-refractivity contribution in [3.05, 3.63) is 69.6 Å². The molecule has 4 rings (SSSR count). The molecule has 0 saturated heterocycles. The summed E-state index contributed by atoms with van der Waals surface area (Å²) in [5, 5.41) is 3.93. The lowest BCUT2D eigenvalue weighted by Gasteiger charge is -2.13. The van der Waals surface area contributed by atoms with E-state index in [1.54, 1.807) is 35.6 Å². The number of aromatic nitrogens is 1. The van der Waals surface area contributed by atoms with Crippen LogP contribution in [0.1, 0.15) is 20.8 Å². The lowest BCUT2D eigenvalue weighted by molar-refractivity contribution is 0.102. The van der Waals surface area contributed by atoms with Crippen LogP contribution in [0.3, 0.4) is 0 Å². The first-order valence-electron chi connectivity index (χ1n) is 7.36. The number of hydrogen-bond acceptors (Lipinski definition) is 3. The molecule has 1 amide bonds. The first kappa shape index (κ1) is 14.4. The molecule has 0 aliphatic heterocycles. The van der Waals surface area contributed by atoms with Crippen LogP contribution in [-0.4, -0.2) is 10.9 Å². The summed E-state index contributed by atoms with van der Waals surface area (Å²) in [6, 6.07) is 15.3. The van der Waals surface area contributed by atoms with Crippen LogP contribution in [0.5, 0.6) is 0 Å². The van der Waals surface area contributed by atoms with Gasteiger partial charge < -0.3 is 0 Å². The van der Waals surface area contributed by atoms with Gasteiger partial charge in [0.1, 0.15) is 0 Å². The molecular formula is C18H13ClN2OS. The Kier molecular flexibility index (Phi) is 3.63. The molecule has 3 aromatic rings. The van der Waals surface area contributed by atoms with Crippen LogP contribution in [0.4, 0.5) is 5.13 Å². The van der Waals surface area contributed by atoms with Crippen molar-refractivity contribution >= 4 is 34.0 Å². The van der Waals surface area contributed by atoms with Crippen LogP contribution in [0.2, 0.25) is 5.02 Å². The Hall–Kier alpha value is -2.17. The minimum Gasteiger partial charge on any atom is -0.298 e. The Balaban J connectivity index is 1.65. The van der Waals surface area contributed by atoms with E-state index >= 15 is 0 Å². The maximum absolute atomic E-state index is 12.4. The molecule has 1 heterocycles. The normalized spacial score (nSPS) is 12.4. The van der Waals surface area contributed by atoms with Crippen molar-refractivity contribution in [2.45, 2.75) is 12.8 Å². The molecular weight excluding hydrogens is 328 g/mol. The van der Waals surface area contributed by atoms with Gasteiger partial charge >= 0.3 is 0 Å². The van der Waals surface area contributed by atoms with Crippen molar-refractivity contribution < 1.29 is 4.79 Å². The number of rotatable bonds is 2. The molecule has 0 radical (unpaired) electrons. The molecule has 0 saturated carbocycles. The summed E-state index contributed by atoms with van der Waals surface area (Å²) in [4.78, 5) is 18.2. The third kappa shape index (κ3) is 2.64. The maximum Gasteiger partial charge on any atom is 0.258 e. The van der Waals surface area contributed by atoms with E-state index in [4.69, 9.17) is 11.6 Å². The molecule has 114 valence electrons. The van der Waals surface area contributed by atoms with Crippen LogP contribution < -0.4 is 5.32 Å². The second-order valence-electron chi connectivity index (χ2n) is 5.38. The highest BCUT2D eigenvalue weighted by Crippen LogP contribution is 2.38. The number of fused-ring (bicyclic) bond motifs is 3. The van der Waals surface area contributed by atoms with Crippen LogP contribution in [0.15, 0.2) is 48.5 Å². The topological polar surface area (TPSA) is 42.0 Å². The second kappa shape index (κ2) is 5.80. The number of anilines is 1. The summed E-state index contributed by atoms with van der Waals surface area (Å²) in [5.41, 5.74) is 3.94. The van der Waals surface area contributed by atoms with Gasteiger partial charge in [-0.3, -0.25) is 10.1 Å². The van der Waals surface area contributed by atoms with Crippen LogP contribution in [0.25, 0.3) is 11.3 Å². The summed E-state index contributed by atoms with van der Waals surface area (Å²) in [6.45, 7) is 0. The van der Waals surface area contributed by atoms with Crippen LogP contribution >= 0.6 is 22.9 Å². The standard InChI is InChI=1S/C18H13ClN2OS/c19-14-8-4-3-7-13(14)17(22)21-18-20-16-12-6-2-1-5-11(12)9-10-15(16)23-18/h1-8H,9-10H2,(H,20,21,22). The van der Waals surface area contributed by atoms with Gasteiger partial charge in [0.2, 0.25) is 0 Å². The number of nitrogens with zero attached hydrogens (tertiary/aromatic N) is 1. The van der Waals surface area contributed by atoms with Crippen molar-refractivity contribution in [3.63, 3.8) is 0 Å². The quantitative estimate of drug-likeness (QED) is 0.727. The SMILES string of the molecule is O=C(Nc1nc2c(s1)CCc1ccccc1-2)c1ccccc1Cl. The molecule has 0 spiro atoms. The van der Waals surface area contributed by atoms with Gasteiger partial charge in [-0.1, -0.05) is 48.0 Å². The van der Waals surface area contributed by atoms with Gasteiger partial charge in [-0.15, -0.1) is 11.3 Å². The van der Waals surface area contributed by atoms with E-state index in [1.807, 2.05) is 6.07 Å². The molecule has 0 atom stereocenters. The molecule has 1 aliphatic rings. The minimum absolute atomic E-state index is 0.227. The molecule has 0 bridgehead atoms. The van der Waals surface area contributed by atoms with E-state index in [1.165, 1.54) is 16.0 Å². The van der Waals surface area contributed by atoms with Crippen molar-refractivity contribution in [2.75, 3.05) is 5.32 Å². The fourth-order valence-electron chi connectivity index (χ4n) is 2.81. The summed E-state index contributed by atoms with van der Waals surface area (Å²) in [7, 11) is 0. The van der Waals surface area contributed by atoms with Gasteiger partial charge in [-0.25, -0.2) is 4.98 Å². The Labute approximate surface area is 143 Å². The van der Waals surface area contributed by atoms with E-state index < -0.39 is 0 Å². The molecule has 5 heteroatoms. The van der Waals surface area contributed by atoms with Gasteiger partial charge in [-0.05, 0) is 30.5 Å². The first-order chi connectivity index (χ1) is 11.2. The third-order valence-corrected chi connectivity index (χ3v) is 5.29. The Morgan fingerprint density at radius 3 is 2.74 bits per heavy atom. The van der Waals surface area contributed by atoms with Crippen LogP contribution in [0, 0.1) is 0 Å². The largest absolute Gasteiger partial charge is 0.298 e. The maximum atomic E-state index is 12.4. The Bertz CT molecular complexity index is 904. The van der Waals surface area contributed by atoms with Gasteiger partial charge in [-0.2, -0.15) is 0 Å². The van der Waals surface area contributed by atoms with Gasteiger partial charge in [0.25, 0.3) is 5.91 Å². The molecule has 1 aliphatic carbocycles. The van der Waals surface area contributed by atoms with E-state index in [0.29, 0.717) is 15.7 Å². The number of benzene rings is 2. The highest BCUT2D eigenvalue weighted by atomic mass is 35.5. The van der Waals surface area contributed by atoms with Crippen molar-refractivity contribution in [1.82, 2.24) is 4.98 Å². The van der Waals surface area contributed by atoms with E-state index in [-0.39, 0.29) is 5.91 Å². The number of aryl methyl sites for hydroxylation is 2. The zero-order valence-electron chi connectivity index (χ0n) is 12.2. The number of thiazole rings is 1. The highest BCUT2D eigenvalue weighted by molar-refractivity contribution is 7.16. The monoisotopic (exact) mass is 340 g/mol. The predicted molar refractivity (Wildman–Crippen MR) is 94.4 cm³/mol. The first-order valence-corrected chi connectivity index (χ1v) is 8.55. The average molecular weight is 341 g/mol. The summed E-state index contributed by atoms with van der Waals surface area (Å²) in [5.74, 6) is -0.227. The average Bonchev–Trinajstić information content (AvgIpc) is 2.98. The predicted octanol–water partition coefficient (Wildman–Crippen LogP) is 4.81. The zero-order chi connectivity index (χ0) is 15.8. The number of hydrogen-bond donors (Lipinski definition) is 1. The molecule has 0 unspecified atom stereocenters. The van der Waals surface area contributed by atoms with Crippen molar-refractivity contribution in [2.24, 2.45) is 0 Å². The third-order valence-electron chi connectivity index (χ3n) is 3.93. The molecule has 3 nitrogen and oxygen atoms in total. The van der Waals surface area contributed by atoms with Gasteiger partial charge in [0, 0.05) is 10.4 Å². The fraction of sp³-hybridized carbons (Fsp3) is 0.111. The van der Waals surface area contributed by atoms with Crippen molar-refractivity contribution in [1.29, 1.82) is 0 Å². The Morgan fingerprint density at radius 1 is 1.09 bits per heavy atom. The number of carbonyl (C=O) groups excluding carboxylic acids is 1. The summed E-state index contributed by atoms with van der Waals surface area (Å²) in [6.07, 6.45) is 1.98. The Morgan fingerprint density at radius 2 is 1.87 bits per heavy atom. The smallest absolute Gasteiger partial charge is 0.258 e. The van der Waals surface area contributed by atoms with Crippen LogP contribution in [-0.2, 0) is 12.8 Å². The highest BCUT2D eigenvalue weighted by Gasteiger charge is 2.21. The minimum atomic E-state index is -0.227. The molecule has 1 N–H and O–H groups in total. The molecule has 23 heavy (non-hydrogen) atoms.